The highest BCUT2D eigenvalue weighted by molar-refractivity contribution is 5.81. The number of amides is 1. The van der Waals surface area contributed by atoms with Crippen LogP contribution < -0.4 is 5.32 Å². The van der Waals surface area contributed by atoms with E-state index in [0.717, 1.165) is 25.6 Å². The monoisotopic (exact) mass is 180 g/mol. The van der Waals surface area contributed by atoms with Crippen molar-refractivity contribution < 1.29 is 4.79 Å². The van der Waals surface area contributed by atoms with Crippen molar-refractivity contribution in [3.8, 4) is 0 Å². The van der Waals surface area contributed by atoms with E-state index in [1.807, 2.05) is 0 Å². The van der Waals surface area contributed by atoms with Crippen LogP contribution in [-0.2, 0) is 4.79 Å². The van der Waals surface area contributed by atoms with Crippen LogP contribution in [0.1, 0.15) is 19.3 Å². The maximum atomic E-state index is 11.8. The van der Waals surface area contributed by atoms with E-state index in [1.54, 1.807) is 0 Å². The predicted molar refractivity (Wildman–Crippen MR) is 49.2 cm³/mol. The Kier molecular flexibility index (Phi) is 1.62. The Morgan fingerprint density at radius 2 is 2.15 bits per heavy atom. The molecule has 2 unspecified atom stereocenters. The van der Waals surface area contributed by atoms with E-state index in [4.69, 9.17) is 0 Å². The van der Waals surface area contributed by atoms with E-state index in [2.05, 4.69) is 10.2 Å². The highest BCUT2D eigenvalue weighted by Gasteiger charge is 2.46. The van der Waals surface area contributed by atoms with Crippen LogP contribution in [0, 0.1) is 11.8 Å². The van der Waals surface area contributed by atoms with Gasteiger partial charge < -0.3 is 10.2 Å². The summed E-state index contributed by atoms with van der Waals surface area (Å²) in [6, 6.07) is 0.633. The molecule has 1 amide bonds. The number of fused-ring (bicyclic) bond motifs is 1. The Hall–Kier alpha value is -0.570. The molecule has 0 bridgehead atoms. The fraction of sp³-hybridized carbons (Fsp3) is 0.900. The second-order valence-corrected chi connectivity index (χ2v) is 4.60. The summed E-state index contributed by atoms with van der Waals surface area (Å²) in [5.74, 6) is 1.58. The van der Waals surface area contributed by atoms with Gasteiger partial charge in [-0.05, 0) is 18.8 Å². The molecule has 0 spiro atoms. The topological polar surface area (TPSA) is 32.3 Å². The number of hydrogen-bond donors (Lipinski definition) is 1. The third-order valence-electron chi connectivity index (χ3n) is 3.86. The molecule has 13 heavy (non-hydrogen) atoms. The van der Waals surface area contributed by atoms with E-state index in [9.17, 15) is 4.79 Å². The van der Waals surface area contributed by atoms with Crippen molar-refractivity contribution in [2.75, 3.05) is 19.6 Å². The first-order valence-corrected chi connectivity index (χ1v) is 5.37. The molecule has 0 radical (unpaired) electrons. The van der Waals surface area contributed by atoms with Gasteiger partial charge in [0.15, 0.2) is 0 Å². The Balaban J connectivity index is 1.63. The van der Waals surface area contributed by atoms with Gasteiger partial charge in [-0.1, -0.05) is 6.42 Å². The van der Waals surface area contributed by atoms with Gasteiger partial charge in [0.05, 0.1) is 5.92 Å². The molecule has 3 fully saturated rings. The van der Waals surface area contributed by atoms with Gasteiger partial charge in [0.25, 0.3) is 0 Å². The summed E-state index contributed by atoms with van der Waals surface area (Å²) in [5.41, 5.74) is 0. The molecular formula is C10H16N2O. The van der Waals surface area contributed by atoms with Crippen LogP contribution in [0.3, 0.4) is 0 Å². The molecule has 1 N–H and O–H groups in total. The maximum Gasteiger partial charge on any atom is 0.228 e. The Morgan fingerprint density at radius 3 is 2.77 bits per heavy atom. The van der Waals surface area contributed by atoms with E-state index in [1.165, 1.54) is 19.3 Å². The van der Waals surface area contributed by atoms with Crippen molar-refractivity contribution in [3.63, 3.8) is 0 Å². The largest absolute Gasteiger partial charge is 0.339 e. The number of nitrogens with zero attached hydrogens (tertiary/aromatic N) is 1. The van der Waals surface area contributed by atoms with Gasteiger partial charge in [-0.15, -0.1) is 0 Å². The summed E-state index contributed by atoms with van der Waals surface area (Å²) in [7, 11) is 0. The second kappa shape index (κ2) is 2.71. The lowest BCUT2D eigenvalue weighted by Gasteiger charge is -2.47. The van der Waals surface area contributed by atoms with Crippen molar-refractivity contribution in [2.24, 2.45) is 11.8 Å². The van der Waals surface area contributed by atoms with Gasteiger partial charge >= 0.3 is 0 Å². The summed E-state index contributed by atoms with van der Waals surface area (Å²) in [4.78, 5) is 14.0. The summed E-state index contributed by atoms with van der Waals surface area (Å²) in [6.45, 7) is 2.87. The summed E-state index contributed by atoms with van der Waals surface area (Å²) in [6.07, 6.45) is 3.95. The summed E-state index contributed by atoms with van der Waals surface area (Å²) in [5, 5.41) is 3.16. The SMILES string of the molecule is O=C(C1CNC1)N1CC2CCCC21. The van der Waals surface area contributed by atoms with Gasteiger partial charge in [-0.3, -0.25) is 4.79 Å². The lowest BCUT2D eigenvalue weighted by atomic mass is 9.89. The quantitative estimate of drug-likeness (QED) is 0.626. The van der Waals surface area contributed by atoms with Crippen LogP contribution in [0.2, 0.25) is 0 Å². The van der Waals surface area contributed by atoms with E-state index < -0.39 is 0 Å². The molecule has 3 aliphatic rings. The van der Waals surface area contributed by atoms with Gasteiger partial charge in [-0.25, -0.2) is 0 Å². The third-order valence-corrected chi connectivity index (χ3v) is 3.86. The molecule has 2 atom stereocenters. The van der Waals surface area contributed by atoms with Gasteiger partial charge in [0.1, 0.15) is 0 Å². The molecule has 3 heteroatoms. The van der Waals surface area contributed by atoms with Crippen LogP contribution in [0.5, 0.6) is 0 Å². The van der Waals surface area contributed by atoms with Gasteiger partial charge in [0, 0.05) is 25.7 Å². The highest BCUT2D eigenvalue weighted by Crippen LogP contribution is 2.39. The fourth-order valence-electron chi connectivity index (χ4n) is 2.84. The fourth-order valence-corrected chi connectivity index (χ4v) is 2.84. The van der Waals surface area contributed by atoms with Gasteiger partial charge in [-0.2, -0.15) is 0 Å². The number of likely N-dealkylation sites (tertiary alicyclic amines) is 1. The third kappa shape index (κ3) is 1.03. The second-order valence-electron chi connectivity index (χ2n) is 4.60. The molecule has 0 aromatic carbocycles. The number of rotatable bonds is 1. The molecule has 3 nitrogen and oxygen atoms in total. The van der Waals surface area contributed by atoms with Crippen molar-refractivity contribution in [3.05, 3.63) is 0 Å². The molecule has 0 aromatic heterocycles. The smallest absolute Gasteiger partial charge is 0.228 e. The first kappa shape index (κ1) is 7.80. The first-order valence-electron chi connectivity index (χ1n) is 5.37. The van der Waals surface area contributed by atoms with E-state index in [0.29, 0.717) is 17.9 Å². The Labute approximate surface area is 78.5 Å². The van der Waals surface area contributed by atoms with Gasteiger partial charge in [0.2, 0.25) is 5.91 Å². The zero-order valence-electron chi connectivity index (χ0n) is 7.83. The first-order chi connectivity index (χ1) is 6.36. The van der Waals surface area contributed by atoms with Crippen LogP contribution >= 0.6 is 0 Å². The van der Waals surface area contributed by atoms with Crippen LogP contribution in [0.4, 0.5) is 0 Å². The average Bonchev–Trinajstić information content (AvgIpc) is 2.28. The molecule has 2 saturated heterocycles. The van der Waals surface area contributed by atoms with Crippen molar-refractivity contribution >= 4 is 5.91 Å². The van der Waals surface area contributed by atoms with Crippen LogP contribution in [0.25, 0.3) is 0 Å². The predicted octanol–water partition coefficient (Wildman–Crippen LogP) is 0.217. The minimum absolute atomic E-state index is 0.307. The maximum absolute atomic E-state index is 11.8. The highest BCUT2D eigenvalue weighted by atomic mass is 16.2. The van der Waals surface area contributed by atoms with E-state index >= 15 is 0 Å². The number of nitrogens with one attached hydrogen (secondary N) is 1. The minimum Gasteiger partial charge on any atom is -0.339 e. The van der Waals surface area contributed by atoms with Crippen molar-refractivity contribution in [1.82, 2.24) is 10.2 Å². The molecule has 2 heterocycles. The van der Waals surface area contributed by atoms with Crippen LogP contribution in [-0.4, -0.2) is 36.5 Å². The number of hydrogen-bond acceptors (Lipinski definition) is 2. The Morgan fingerprint density at radius 1 is 1.31 bits per heavy atom. The number of carbonyl (C=O) groups is 1. The summed E-state index contributed by atoms with van der Waals surface area (Å²) < 4.78 is 0. The molecule has 1 saturated carbocycles. The normalized spacial score (nSPS) is 38.0. The molecule has 1 aliphatic carbocycles. The zero-order valence-corrected chi connectivity index (χ0v) is 7.83. The van der Waals surface area contributed by atoms with E-state index in [-0.39, 0.29) is 0 Å². The molecular weight excluding hydrogens is 164 g/mol. The van der Waals surface area contributed by atoms with Crippen LogP contribution in [0.15, 0.2) is 0 Å². The molecule has 0 aromatic rings. The Bertz CT molecular complexity index is 237. The average molecular weight is 180 g/mol. The van der Waals surface area contributed by atoms with Crippen molar-refractivity contribution in [1.29, 1.82) is 0 Å². The lowest BCUT2D eigenvalue weighted by Crippen LogP contribution is -2.61. The minimum atomic E-state index is 0.307. The zero-order chi connectivity index (χ0) is 8.84. The summed E-state index contributed by atoms with van der Waals surface area (Å²) >= 11 is 0. The lowest BCUT2D eigenvalue weighted by molar-refractivity contribution is -0.148. The molecule has 3 rings (SSSR count). The van der Waals surface area contributed by atoms with Crippen molar-refractivity contribution in [2.45, 2.75) is 25.3 Å². The molecule has 72 valence electrons. The standard InChI is InChI=1S/C10H16N2O/c13-10(8-4-11-5-8)12-6-7-2-1-3-9(7)12/h7-9,11H,1-6H2. The molecule has 2 aliphatic heterocycles. The number of carbonyl (C=O) groups excluding carboxylic acids is 1.